The maximum atomic E-state index is 5.24. The summed E-state index contributed by atoms with van der Waals surface area (Å²) >= 11 is 0. The zero-order valence-corrected chi connectivity index (χ0v) is 13.8. The van der Waals surface area contributed by atoms with Crippen molar-refractivity contribution in [3.05, 3.63) is 65.7 Å². The van der Waals surface area contributed by atoms with Gasteiger partial charge in [-0.25, -0.2) is 5.43 Å². The second kappa shape index (κ2) is 7.59. The van der Waals surface area contributed by atoms with Gasteiger partial charge in [0.1, 0.15) is 5.75 Å². The van der Waals surface area contributed by atoms with Crippen molar-refractivity contribution in [2.24, 2.45) is 5.92 Å². The van der Waals surface area contributed by atoms with E-state index in [4.69, 9.17) is 4.74 Å². The molecule has 0 radical (unpaired) electrons. The summed E-state index contributed by atoms with van der Waals surface area (Å²) in [5, 5.41) is 3.66. The zero-order chi connectivity index (χ0) is 16.1. The van der Waals surface area contributed by atoms with E-state index in [0.29, 0.717) is 18.0 Å². The smallest absolute Gasteiger partial charge is 0.118 e. The lowest BCUT2D eigenvalue weighted by Gasteiger charge is -2.22. The molecule has 0 bridgehead atoms. The summed E-state index contributed by atoms with van der Waals surface area (Å²) in [7, 11) is 1.70. The van der Waals surface area contributed by atoms with Crippen LogP contribution in [0.2, 0.25) is 0 Å². The van der Waals surface area contributed by atoms with E-state index in [1.54, 1.807) is 7.11 Å². The fraction of sp³-hybridized carbons (Fsp3) is 0.368. The standard InChI is InChI=1S/C19H25N3O/c1-14(15-6-4-3-5-7-15)20-12-17-13-21-22-19(17)16-8-10-18(23-2)11-9-16/h3-11,14,17,19-22H,12-13H2,1-2H3. The van der Waals surface area contributed by atoms with Gasteiger partial charge in [-0.15, -0.1) is 0 Å². The second-order valence-electron chi connectivity index (χ2n) is 6.08. The van der Waals surface area contributed by atoms with Crippen LogP contribution in [0.1, 0.15) is 30.1 Å². The van der Waals surface area contributed by atoms with Crippen LogP contribution in [-0.2, 0) is 0 Å². The monoisotopic (exact) mass is 311 g/mol. The van der Waals surface area contributed by atoms with E-state index in [2.05, 4.69) is 65.6 Å². The van der Waals surface area contributed by atoms with Crippen LogP contribution in [0.25, 0.3) is 0 Å². The van der Waals surface area contributed by atoms with Crippen molar-refractivity contribution >= 4 is 0 Å². The molecule has 4 heteroatoms. The van der Waals surface area contributed by atoms with Gasteiger partial charge in [0.25, 0.3) is 0 Å². The Morgan fingerprint density at radius 1 is 1.13 bits per heavy atom. The third-order valence-corrected chi connectivity index (χ3v) is 4.55. The second-order valence-corrected chi connectivity index (χ2v) is 6.08. The maximum absolute atomic E-state index is 5.24. The van der Waals surface area contributed by atoms with Crippen LogP contribution in [0.5, 0.6) is 5.75 Å². The minimum Gasteiger partial charge on any atom is -0.497 e. The summed E-state index contributed by atoms with van der Waals surface area (Å²) in [5.41, 5.74) is 9.30. The van der Waals surface area contributed by atoms with Gasteiger partial charge < -0.3 is 10.1 Å². The van der Waals surface area contributed by atoms with Crippen molar-refractivity contribution in [3.8, 4) is 5.75 Å². The molecular weight excluding hydrogens is 286 g/mol. The first-order chi connectivity index (χ1) is 11.3. The highest BCUT2D eigenvalue weighted by Crippen LogP contribution is 2.26. The molecule has 3 rings (SSSR count). The van der Waals surface area contributed by atoms with Gasteiger partial charge in [-0.3, -0.25) is 5.43 Å². The first kappa shape index (κ1) is 16.0. The van der Waals surface area contributed by atoms with E-state index in [1.807, 2.05) is 12.1 Å². The van der Waals surface area contributed by atoms with E-state index in [1.165, 1.54) is 11.1 Å². The largest absolute Gasteiger partial charge is 0.497 e. The van der Waals surface area contributed by atoms with Gasteiger partial charge in [-0.1, -0.05) is 42.5 Å². The number of hydrogen-bond acceptors (Lipinski definition) is 4. The number of nitrogens with one attached hydrogen (secondary N) is 3. The summed E-state index contributed by atoms with van der Waals surface area (Å²) in [6, 6.07) is 19.6. The molecule has 0 amide bonds. The van der Waals surface area contributed by atoms with Gasteiger partial charge in [0.2, 0.25) is 0 Å². The molecule has 1 heterocycles. The molecule has 1 aliphatic rings. The van der Waals surface area contributed by atoms with Crippen LogP contribution >= 0.6 is 0 Å². The zero-order valence-electron chi connectivity index (χ0n) is 13.8. The molecule has 1 fully saturated rings. The van der Waals surface area contributed by atoms with Crippen LogP contribution in [0, 0.1) is 5.92 Å². The topological polar surface area (TPSA) is 45.3 Å². The predicted octanol–water partition coefficient (Wildman–Crippen LogP) is 2.81. The van der Waals surface area contributed by atoms with Crippen LogP contribution in [0.15, 0.2) is 54.6 Å². The quantitative estimate of drug-likeness (QED) is 0.768. The predicted molar refractivity (Wildman–Crippen MR) is 93.2 cm³/mol. The number of methoxy groups -OCH3 is 1. The normalized spacial score (nSPS) is 22.0. The van der Waals surface area contributed by atoms with Gasteiger partial charge in [0.15, 0.2) is 0 Å². The Kier molecular flexibility index (Phi) is 5.28. The van der Waals surface area contributed by atoms with Gasteiger partial charge >= 0.3 is 0 Å². The summed E-state index contributed by atoms with van der Waals surface area (Å²) < 4.78 is 5.24. The number of rotatable bonds is 6. The van der Waals surface area contributed by atoms with Crippen molar-refractivity contribution < 1.29 is 4.74 Å². The fourth-order valence-corrected chi connectivity index (χ4v) is 3.08. The SMILES string of the molecule is COc1ccc(C2NNCC2CNC(C)c2ccccc2)cc1. The summed E-state index contributed by atoms with van der Waals surface area (Å²) in [6.45, 7) is 4.14. The van der Waals surface area contributed by atoms with E-state index in [9.17, 15) is 0 Å². The number of hydrogen-bond donors (Lipinski definition) is 3. The van der Waals surface area contributed by atoms with Crippen LogP contribution in [-0.4, -0.2) is 20.2 Å². The van der Waals surface area contributed by atoms with Crippen LogP contribution in [0.3, 0.4) is 0 Å². The molecule has 0 aromatic heterocycles. The van der Waals surface area contributed by atoms with Gasteiger partial charge in [-0.05, 0) is 30.2 Å². The molecule has 4 nitrogen and oxygen atoms in total. The minimum atomic E-state index is 0.316. The molecule has 0 saturated carbocycles. The van der Waals surface area contributed by atoms with Crippen molar-refractivity contribution in [1.29, 1.82) is 0 Å². The molecular formula is C19H25N3O. The number of ether oxygens (including phenoxy) is 1. The van der Waals surface area contributed by atoms with Crippen molar-refractivity contribution in [2.75, 3.05) is 20.2 Å². The first-order valence-electron chi connectivity index (χ1n) is 8.18. The third kappa shape index (κ3) is 3.91. The summed E-state index contributed by atoms with van der Waals surface area (Å²) in [5.74, 6) is 1.40. The molecule has 2 aromatic carbocycles. The molecule has 23 heavy (non-hydrogen) atoms. The minimum absolute atomic E-state index is 0.316. The number of benzene rings is 2. The molecule has 2 aromatic rings. The van der Waals surface area contributed by atoms with Crippen molar-refractivity contribution in [3.63, 3.8) is 0 Å². The van der Waals surface area contributed by atoms with Crippen molar-refractivity contribution in [1.82, 2.24) is 16.2 Å². The van der Waals surface area contributed by atoms with E-state index < -0.39 is 0 Å². The van der Waals surface area contributed by atoms with Crippen LogP contribution < -0.4 is 20.9 Å². The lowest BCUT2D eigenvalue weighted by Crippen LogP contribution is -2.30. The molecule has 1 saturated heterocycles. The Hall–Kier alpha value is -1.88. The molecule has 0 aliphatic carbocycles. The Labute approximate surface area is 138 Å². The average molecular weight is 311 g/mol. The van der Waals surface area contributed by atoms with E-state index >= 15 is 0 Å². The van der Waals surface area contributed by atoms with E-state index in [0.717, 1.165) is 18.8 Å². The third-order valence-electron chi connectivity index (χ3n) is 4.55. The summed E-state index contributed by atoms with van der Waals surface area (Å²) in [4.78, 5) is 0. The molecule has 3 atom stereocenters. The molecule has 122 valence electrons. The highest BCUT2D eigenvalue weighted by atomic mass is 16.5. The van der Waals surface area contributed by atoms with Gasteiger partial charge in [0, 0.05) is 25.0 Å². The Morgan fingerprint density at radius 2 is 1.87 bits per heavy atom. The molecule has 0 spiro atoms. The molecule has 3 unspecified atom stereocenters. The Bertz CT molecular complexity index is 600. The fourth-order valence-electron chi connectivity index (χ4n) is 3.08. The van der Waals surface area contributed by atoms with Crippen LogP contribution in [0.4, 0.5) is 0 Å². The van der Waals surface area contributed by atoms with Gasteiger partial charge in [-0.2, -0.15) is 0 Å². The molecule has 1 aliphatic heterocycles. The Morgan fingerprint density at radius 3 is 2.57 bits per heavy atom. The number of hydrazine groups is 1. The van der Waals surface area contributed by atoms with Crippen molar-refractivity contribution in [2.45, 2.75) is 19.0 Å². The first-order valence-corrected chi connectivity index (χ1v) is 8.18. The summed E-state index contributed by atoms with van der Waals surface area (Å²) in [6.07, 6.45) is 0. The molecule has 3 N–H and O–H groups in total. The lowest BCUT2D eigenvalue weighted by molar-refractivity contribution is 0.410. The lowest BCUT2D eigenvalue weighted by atomic mass is 9.94. The Balaban J connectivity index is 1.60. The van der Waals surface area contributed by atoms with E-state index in [-0.39, 0.29) is 0 Å². The highest BCUT2D eigenvalue weighted by molar-refractivity contribution is 5.30. The highest BCUT2D eigenvalue weighted by Gasteiger charge is 2.28. The maximum Gasteiger partial charge on any atom is 0.118 e. The van der Waals surface area contributed by atoms with Gasteiger partial charge in [0.05, 0.1) is 13.2 Å². The average Bonchev–Trinajstić information content (AvgIpc) is 3.09.